The van der Waals surface area contributed by atoms with Crippen molar-refractivity contribution in [1.82, 2.24) is 10.3 Å². The van der Waals surface area contributed by atoms with Gasteiger partial charge >= 0.3 is 0 Å². The lowest BCUT2D eigenvalue weighted by atomic mass is 10.1. The Balaban J connectivity index is 2.14. The summed E-state index contributed by atoms with van der Waals surface area (Å²) in [6.45, 7) is 3.67. The fourth-order valence-electron chi connectivity index (χ4n) is 1.86. The molecule has 0 atom stereocenters. The van der Waals surface area contributed by atoms with E-state index in [1.165, 1.54) is 6.07 Å². The van der Waals surface area contributed by atoms with Gasteiger partial charge in [0.05, 0.1) is 4.92 Å². The molecule has 0 aliphatic heterocycles. The van der Waals surface area contributed by atoms with Crippen molar-refractivity contribution in [3.05, 3.63) is 64.0 Å². The molecular formula is C15H17N3O3. The van der Waals surface area contributed by atoms with Crippen LogP contribution in [0, 0.1) is 10.1 Å². The van der Waals surface area contributed by atoms with E-state index in [1.54, 1.807) is 24.5 Å². The average molecular weight is 287 g/mol. The van der Waals surface area contributed by atoms with E-state index in [0.717, 1.165) is 17.7 Å². The van der Waals surface area contributed by atoms with Crippen molar-refractivity contribution >= 4 is 5.69 Å². The Bertz CT molecular complexity index is 602. The summed E-state index contributed by atoms with van der Waals surface area (Å²) in [7, 11) is 0. The summed E-state index contributed by atoms with van der Waals surface area (Å²) in [5, 5.41) is 14.0. The van der Waals surface area contributed by atoms with E-state index in [9.17, 15) is 10.1 Å². The summed E-state index contributed by atoms with van der Waals surface area (Å²) >= 11 is 0. The monoisotopic (exact) mass is 287 g/mol. The van der Waals surface area contributed by atoms with Crippen LogP contribution in [-0.2, 0) is 13.2 Å². The molecule has 2 aromatic rings. The fraction of sp³-hybridized carbons (Fsp3) is 0.267. The zero-order valence-corrected chi connectivity index (χ0v) is 11.8. The lowest BCUT2D eigenvalue weighted by molar-refractivity contribution is -0.384. The maximum absolute atomic E-state index is 10.9. The number of hydrogen-bond acceptors (Lipinski definition) is 5. The van der Waals surface area contributed by atoms with Crippen molar-refractivity contribution < 1.29 is 9.66 Å². The summed E-state index contributed by atoms with van der Waals surface area (Å²) in [5.74, 6) is 0.644. The summed E-state index contributed by atoms with van der Waals surface area (Å²) in [5.41, 5.74) is 1.79. The van der Waals surface area contributed by atoms with Gasteiger partial charge in [-0.1, -0.05) is 13.0 Å². The Morgan fingerprint density at radius 3 is 2.90 bits per heavy atom. The van der Waals surface area contributed by atoms with Gasteiger partial charge in [-0.3, -0.25) is 15.1 Å². The van der Waals surface area contributed by atoms with Gasteiger partial charge < -0.3 is 10.1 Å². The van der Waals surface area contributed by atoms with Crippen LogP contribution in [0.4, 0.5) is 5.69 Å². The predicted octanol–water partition coefficient (Wildman–Crippen LogP) is 2.68. The first-order valence-corrected chi connectivity index (χ1v) is 6.70. The molecule has 21 heavy (non-hydrogen) atoms. The minimum atomic E-state index is -0.402. The minimum Gasteiger partial charge on any atom is -0.489 e. The molecule has 0 aliphatic carbocycles. The number of nitro benzene ring substituents is 1. The zero-order chi connectivity index (χ0) is 15.1. The first-order chi connectivity index (χ1) is 10.2. The number of nitrogens with zero attached hydrogens (tertiary/aromatic N) is 2. The van der Waals surface area contributed by atoms with Gasteiger partial charge in [0, 0.05) is 42.2 Å². The van der Waals surface area contributed by atoms with Crippen LogP contribution in [0.5, 0.6) is 5.75 Å². The molecule has 0 saturated carbocycles. The Kier molecular flexibility index (Phi) is 5.22. The summed E-state index contributed by atoms with van der Waals surface area (Å²) in [4.78, 5) is 14.5. The molecule has 0 radical (unpaired) electrons. The van der Waals surface area contributed by atoms with Gasteiger partial charge in [-0.25, -0.2) is 0 Å². The fourth-order valence-corrected chi connectivity index (χ4v) is 1.86. The molecule has 1 aromatic heterocycles. The van der Waals surface area contributed by atoms with E-state index in [-0.39, 0.29) is 5.69 Å². The molecular weight excluding hydrogens is 270 g/mol. The van der Waals surface area contributed by atoms with Gasteiger partial charge in [-0.2, -0.15) is 0 Å². The van der Waals surface area contributed by atoms with Crippen LogP contribution in [0.3, 0.4) is 0 Å². The van der Waals surface area contributed by atoms with E-state index in [1.807, 2.05) is 19.1 Å². The van der Waals surface area contributed by atoms with Gasteiger partial charge in [0.1, 0.15) is 12.4 Å². The average Bonchev–Trinajstić information content (AvgIpc) is 2.52. The number of nitro groups is 1. The summed E-state index contributed by atoms with van der Waals surface area (Å²) in [6, 6.07) is 8.40. The van der Waals surface area contributed by atoms with Gasteiger partial charge in [-0.15, -0.1) is 0 Å². The van der Waals surface area contributed by atoms with E-state index >= 15 is 0 Å². The van der Waals surface area contributed by atoms with E-state index in [2.05, 4.69) is 10.3 Å². The first kappa shape index (κ1) is 14.9. The zero-order valence-electron chi connectivity index (χ0n) is 11.8. The van der Waals surface area contributed by atoms with Crippen molar-refractivity contribution in [1.29, 1.82) is 0 Å². The molecule has 0 saturated heterocycles. The molecule has 0 aliphatic rings. The molecule has 0 amide bonds. The van der Waals surface area contributed by atoms with Crippen LogP contribution in [-0.4, -0.2) is 16.5 Å². The van der Waals surface area contributed by atoms with Crippen LogP contribution >= 0.6 is 0 Å². The smallest absolute Gasteiger partial charge is 0.270 e. The van der Waals surface area contributed by atoms with Gasteiger partial charge in [0.2, 0.25) is 0 Å². The molecule has 2 rings (SSSR count). The molecule has 0 spiro atoms. The molecule has 6 nitrogen and oxygen atoms in total. The number of benzene rings is 1. The Hall–Kier alpha value is -2.47. The molecule has 1 N–H and O–H groups in total. The van der Waals surface area contributed by atoms with Crippen LogP contribution < -0.4 is 10.1 Å². The van der Waals surface area contributed by atoms with Crippen molar-refractivity contribution in [3.63, 3.8) is 0 Å². The lowest BCUT2D eigenvalue weighted by Crippen LogP contribution is -2.13. The number of pyridine rings is 1. The number of rotatable bonds is 7. The molecule has 0 unspecified atom stereocenters. The number of nitrogens with one attached hydrogen (secondary N) is 1. The third-order valence-corrected chi connectivity index (χ3v) is 2.94. The largest absolute Gasteiger partial charge is 0.489 e. The SMILES string of the molecule is CCNCc1cc([N+](=O)[O-])ccc1OCc1cccnc1. The first-order valence-electron chi connectivity index (χ1n) is 6.70. The molecule has 1 aromatic carbocycles. The second kappa shape index (κ2) is 7.35. The number of non-ortho nitro benzene ring substituents is 1. The highest BCUT2D eigenvalue weighted by atomic mass is 16.6. The molecule has 1 heterocycles. The topological polar surface area (TPSA) is 77.3 Å². The lowest BCUT2D eigenvalue weighted by Gasteiger charge is -2.11. The Morgan fingerprint density at radius 1 is 1.38 bits per heavy atom. The normalized spacial score (nSPS) is 10.3. The minimum absolute atomic E-state index is 0.0663. The van der Waals surface area contributed by atoms with Crippen molar-refractivity contribution in [2.75, 3.05) is 6.54 Å². The van der Waals surface area contributed by atoms with E-state index in [0.29, 0.717) is 18.9 Å². The van der Waals surface area contributed by atoms with Crippen molar-refractivity contribution in [2.24, 2.45) is 0 Å². The van der Waals surface area contributed by atoms with Crippen molar-refractivity contribution in [2.45, 2.75) is 20.1 Å². The third-order valence-electron chi connectivity index (χ3n) is 2.94. The molecule has 6 heteroatoms. The van der Waals surface area contributed by atoms with Gasteiger partial charge in [-0.05, 0) is 18.7 Å². The third kappa shape index (κ3) is 4.25. The van der Waals surface area contributed by atoms with Crippen LogP contribution in [0.15, 0.2) is 42.7 Å². The second-order valence-corrected chi connectivity index (χ2v) is 4.48. The maximum Gasteiger partial charge on any atom is 0.270 e. The summed E-state index contributed by atoms with van der Waals surface area (Å²) < 4.78 is 5.75. The van der Waals surface area contributed by atoms with Gasteiger partial charge in [0.15, 0.2) is 0 Å². The molecule has 0 bridgehead atoms. The van der Waals surface area contributed by atoms with Crippen LogP contribution in [0.25, 0.3) is 0 Å². The second-order valence-electron chi connectivity index (χ2n) is 4.48. The quantitative estimate of drug-likeness (QED) is 0.625. The van der Waals surface area contributed by atoms with E-state index in [4.69, 9.17) is 4.74 Å². The Labute approximate surface area is 122 Å². The number of ether oxygens (including phenoxy) is 1. The van der Waals surface area contributed by atoms with Crippen LogP contribution in [0.2, 0.25) is 0 Å². The predicted molar refractivity (Wildman–Crippen MR) is 79.0 cm³/mol. The molecule has 0 fully saturated rings. The highest BCUT2D eigenvalue weighted by Gasteiger charge is 2.11. The Morgan fingerprint density at radius 2 is 2.24 bits per heavy atom. The maximum atomic E-state index is 10.9. The highest BCUT2D eigenvalue weighted by molar-refractivity contribution is 5.43. The number of hydrogen-bond donors (Lipinski definition) is 1. The summed E-state index contributed by atoms with van der Waals surface area (Å²) in [6.07, 6.45) is 3.43. The van der Waals surface area contributed by atoms with E-state index < -0.39 is 4.92 Å². The van der Waals surface area contributed by atoms with Crippen LogP contribution in [0.1, 0.15) is 18.1 Å². The highest BCUT2D eigenvalue weighted by Crippen LogP contribution is 2.25. The van der Waals surface area contributed by atoms with Crippen molar-refractivity contribution in [3.8, 4) is 5.75 Å². The van der Waals surface area contributed by atoms with Gasteiger partial charge in [0.25, 0.3) is 5.69 Å². The molecule has 110 valence electrons. The number of aromatic nitrogens is 1. The standard InChI is InChI=1S/C15H17N3O3/c1-2-16-10-13-8-14(18(19)20)5-6-15(13)21-11-12-4-3-7-17-9-12/h3-9,16H,2,10-11H2,1H3.